The Bertz CT molecular complexity index is 942. The van der Waals surface area contributed by atoms with Crippen LogP contribution in [0.5, 0.6) is 0 Å². The molecule has 1 aromatic carbocycles. The molecule has 6 nitrogen and oxygen atoms in total. The van der Waals surface area contributed by atoms with Gasteiger partial charge in [0.25, 0.3) is 0 Å². The fourth-order valence-corrected chi connectivity index (χ4v) is 3.46. The standard InChI is InChI=1S/C18H16BrClFN3O3/c1-3-26-18(25)14-13(7-19)23-17(15-9(2)27-8-22-15)24-16(14)11-5-4-10(21)6-12(11)20/h4-6,8,16H,3,7H2,1-2H3,(H,23,24). The number of alkyl halides is 1. The summed E-state index contributed by atoms with van der Waals surface area (Å²) in [4.78, 5) is 21.4. The summed E-state index contributed by atoms with van der Waals surface area (Å²) in [5.41, 5.74) is 1.86. The molecule has 27 heavy (non-hydrogen) atoms. The number of nitrogens with zero attached hydrogens (tertiary/aromatic N) is 2. The molecular formula is C18H16BrClFN3O3. The van der Waals surface area contributed by atoms with E-state index in [9.17, 15) is 9.18 Å². The summed E-state index contributed by atoms with van der Waals surface area (Å²) in [6.45, 7) is 3.68. The predicted octanol–water partition coefficient (Wildman–Crippen LogP) is 4.08. The van der Waals surface area contributed by atoms with Crippen molar-refractivity contribution < 1.29 is 18.3 Å². The normalized spacial score (nSPS) is 16.8. The van der Waals surface area contributed by atoms with E-state index in [1.807, 2.05) is 0 Å². The van der Waals surface area contributed by atoms with Gasteiger partial charge in [0.2, 0.25) is 0 Å². The molecule has 3 rings (SSSR count). The van der Waals surface area contributed by atoms with Crippen molar-refractivity contribution in [1.29, 1.82) is 0 Å². The molecule has 0 saturated carbocycles. The van der Waals surface area contributed by atoms with E-state index >= 15 is 0 Å². The van der Waals surface area contributed by atoms with Crippen molar-refractivity contribution in [3.05, 3.63) is 63.7 Å². The van der Waals surface area contributed by atoms with Gasteiger partial charge in [-0.2, -0.15) is 0 Å². The number of nitrogens with one attached hydrogen (secondary N) is 1. The van der Waals surface area contributed by atoms with Gasteiger partial charge in [0.15, 0.2) is 12.2 Å². The molecule has 2 heterocycles. The van der Waals surface area contributed by atoms with E-state index in [2.05, 4.69) is 31.2 Å². The largest absolute Gasteiger partial charge is 0.463 e. The summed E-state index contributed by atoms with van der Waals surface area (Å²) in [7, 11) is 0. The van der Waals surface area contributed by atoms with E-state index in [-0.39, 0.29) is 11.6 Å². The number of amidine groups is 1. The fraction of sp³-hybridized carbons (Fsp3) is 0.278. The van der Waals surface area contributed by atoms with Crippen LogP contribution in [0.2, 0.25) is 5.02 Å². The second-order valence-corrected chi connectivity index (χ2v) is 6.64. The minimum Gasteiger partial charge on any atom is -0.463 e. The van der Waals surface area contributed by atoms with Crippen LogP contribution in [-0.2, 0) is 9.53 Å². The molecule has 1 unspecified atom stereocenters. The lowest BCUT2D eigenvalue weighted by atomic mass is 9.95. The first-order valence-corrected chi connectivity index (χ1v) is 9.62. The van der Waals surface area contributed by atoms with Crippen molar-refractivity contribution >= 4 is 39.3 Å². The van der Waals surface area contributed by atoms with Gasteiger partial charge in [-0.3, -0.25) is 4.99 Å². The number of aryl methyl sites for hydroxylation is 1. The summed E-state index contributed by atoms with van der Waals surface area (Å²) in [5.74, 6) is -0.00557. The number of ether oxygens (including phenoxy) is 1. The molecule has 1 atom stereocenters. The Labute approximate surface area is 168 Å². The summed E-state index contributed by atoms with van der Waals surface area (Å²) in [6, 6.07) is 3.19. The van der Waals surface area contributed by atoms with Crippen molar-refractivity contribution in [3.63, 3.8) is 0 Å². The molecule has 1 aliphatic rings. The van der Waals surface area contributed by atoms with Gasteiger partial charge >= 0.3 is 5.97 Å². The average Bonchev–Trinajstić information content (AvgIpc) is 3.06. The van der Waals surface area contributed by atoms with E-state index in [1.165, 1.54) is 24.6 Å². The monoisotopic (exact) mass is 455 g/mol. The van der Waals surface area contributed by atoms with Crippen LogP contribution < -0.4 is 5.32 Å². The van der Waals surface area contributed by atoms with Gasteiger partial charge in [0.1, 0.15) is 23.3 Å². The zero-order valence-corrected chi connectivity index (χ0v) is 16.9. The lowest BCUT2D eigenvalue weighted by Crippen LogP contribution is -2.35. The Kier molecular flexibility index (Phi) is 5.96. The number of esters is 1. The van der Waals surface area contributed by atoms with Crippen LogP contribution in [0.4, 0.5) is 4.39 Å². The highest BCUT2D eigenvalue weighted by Gasteiger charge is 2.34. The number of rotatable bonds is 5. The van der Waals surface area contributed by atoms with Crippen molar-refractivity contribution in [3.8, 4) is 0 Å². The third-order valence-electron chi connectivity index (χ3n) is 3.98. The first-order valence-electron chi connectivity index (χ1n) is 8.12. The highest BCUT2D eigenvalue weighted by Crippen LogP contribution is 2.36. The molecule has 0 saturated heterocycles. The van der Waals surface area contributed by atoms with Crippen LogP contribution in [0.1, 0.15) is 30.0 Å². The van der Waals surface area contributed by atoms with Gasteiger partial charge < -0.3 is 14.5 Å². The molecule has 142 valence electrons. The van der Waals surface area contributed by atoms with Crippen LogP contribution in [-0.4, -0.2) is 28.7 Å². The van der Waals surface area contributed by atoms with Gasteiger partial charge in [0, 0.05) is 21.6 Å². The highest BCUT2D eigenvalue weighted by atomic mass is 79.9. The van der Waals surface area contributed by atoms with E-state index in [4.69, 9.17) is 20.8 Å². The number of carbonyl (C=O) groups excluding carboxylic acids is 1. The highest BCUT2D eigenvalue weighted by molar-refractivity contribution is 9.09. The Balaban J connectivity index is 2.17. The average molecular weight is 457 g/mol. The number of aromatic nitrogens is 1. The maximum Gasteiger partial charge on any atom is 0.338 e. The number of allylic oxidation sites excluding steroid dienone is 1. The first-order chi connectivity index (χ1) is 13.0. The summed E-state index contributed by atoms with van der Waals surface area (Å²) < 4.78 is 24.0. The zero-order chi connectivity index (χ0) is 19.6. The van der Waals surface area contributed by atoms with Gasteiger partial charge in [-0.05, 0) is 26.0 Å². The smallest absolute Gasteiger partial charge is 0.338 e. The molecule has 0 spiro atoms. The summed E-state index contributed by atoms with van der Waals surface area (Å²) >= 11 is 9.64. The number of hydrogen-bond acceptors (Lipinski definition) is 6. The van der Waals surface area contributed by atoms with Gasteiger partial charge in [0.05, 0.1) is 12.2 Å². The molecule has 1 aromatic heterocycles. The van der Waals surface area contributed by atoms with Crippen molar-refractivity contribution in [1.82, 2.24) is 10.3 Å². The number of halogens is 3. The number of aliphatic imine (C=N–C) groups is 1. The minimum absolute atomic E-state index is 0.164. The molecule has 0 aliphatic carbocycles. The van der Waals surface area contributed by atoms with Crippen molar-refractivity contribution in [2.24, 2.45) is 4.99 Å². The first kappa shape index (κ1) is 19.6. The quantitative estimate of drug-likeness (QED) is 0.542. The Hall–Kier alpha value is -2.19. The zero-order valence-electron chi connectivity index (χ0n) is 14.6. The van der Waals surface area contributed by atoms with Crippen LogP contribution in [0.15, 0.2) is 45.3 Å². The predicted molar refractivity (Wildman–Crippen MR) is 103 cm³/mol. The fourth-order valence-electron chi connectivity index (χ4n) is 2.75. The van der Waals surface area contributed by atoms with Crippen LogP contribution in [0.25, 0.3) is 0 Å². The second-order valence-electron chi connectivity index (χ2n) is 5.67. The third kappa shape index (κ3) is 3.91. The minimum atomic E-state index is -0.781. The van der Waals surface area contributed by atoms with Crippen molar-refractivity contribution in [2.75, 3.05) is 11.9 Å². The van der Waals surface area contributed by atoms with E-state index in [1.54, 1.807) is 13.8 Å². The lowest BCUT2D eigenvalue weighted by Gasteiger charge is -2.27. The number of hydrogen-bond donors (Lipinski definition) is 1. The Morgan fingerprint density at radius 1 is 1.48 bits per heavy atom. The van der Waals surface area contributed by atoms with Crippen LogP contribution in [0.3, 0.4) is 0 Å². The molecule has 0 amide bonds. The van der Waals surface area contributed by atoms with E-state index < -0.39 is 17.8 Å². The second kappa shape index (κ2) is 8.22. The molecule has 0 fully saturated rings. The molecule has 9 heteroatoms. The van der Waals surface area contributed by atoms with Gasteiger partial charge in [-0.1, -0.05) is 33.6 Å². The SMILES string of the molecule is CCOC(=O)C1=C(CBr)NC(c2ncoc2C)=NC1c1ccc(F)cc1Cl. The number of benzene rings is 1. The van der Waals surface area contributed by atoms with Crippen LogP contribution in [0, 0.1) is 12.7 Å². The summed E-state index contributed by atoms with van der Waals surface area (Å²) in [6.07, 6.45) is 1.31. The maximum atomic E-state index is 13.5. The van der Waals surface area contributed by atoms with Gasteiger partial charge in [-0.25, -0.2) is 14.2 Å². The van der Waals surface area contributed by atoms with Crippen molar-refractivity contribution in [2.45, 2.75) is 19.9 Å². The molecule has 0 bridgehead atoms. The molecule has 0 radical (unpaired) electrons. The Morgan fingerprint density at radius 3 is 2.85 bits per heavy atom. The summed E-state index contributed by atoms with van der Waals surface area (Å²) in [5, 5.41) is 3.61. The topological polar surface area (TPSA) is 76.7 Å². The number of carbonyl (C=O) groups is 1. The molecule has 1 N–H and O–H groups in total. The molecule has 2 aromatic rings. The molecular weight excluding hydrogens is 441 g/mol. The van der Waals surface area contributed by atoms with E-state index in [0.717, 1.165) is 0 Å². The van der Waals surface area contributed by atoms with Gasteiger partial charge in [-0.15, -0.1) is 0 Å². The Morgan fingerprint density at radius 2 is 2.26 bits per heavy atom. The molecule has 1 aliphatic heterocycles. The van der Waals surface area contributed by atoms with Crippen LogP contribution >= 0.6 is 27.5 Å². The maximum absolute atomic E-state index is 13.5. The third-order valence-corrected chi connectivity index (χ3v) is 4.87. The lowest BCUT2D eigenvalue weighted by molar-refractivity contribution is -0.138. The van der Waals surface area contributed by atoms with E-state index in [0.29, 0.717) is 39.5 Å². The number of oxazole rings is 1.